The third-order valence-electron chi connectivity index (χ3n) is 1.04. The van der Waals surface area contributed by atoms with Crippen LogP contribution in [0.25, 0.3) is 0 Å². The topological polar surface area (TPSA) is 9.23 Å². The van der Waals surface area contributed by atoms with Crippen LogP contribution >= 0.6 is 0 Å². The Labute approximate surface area is 70.2 Å². The first-order valence-corrected chi connectivity index (χ1v) is 8.70. The van der Waals surface area contributed by atoms with Crippen molar-refractivity contribution in [2.24, 2.45) is 0 Å². The van der Waals surface area contributed by atoms with E-state index >= 15 is 0 Å². The minimum atomic E-state index is 0.569. The Morgan fingerprint density at radius 2 is 1.67 bits per heavy atom. The fraction of sp³-hybridized carbons (Fsp3) is 1.00. The molecule has 0 aliphatic carbocycles. The molecule has 9 heavy (non-hydrogen) atoms. The van der Waals surface area contributed by atoms with Gasteiger partial charge in [-0.1, -0.05) is 0 Å². The van der Waals surface area contributed by atoms with E-state index in [-0.39, 0.29) is 0 Å². The minimum absolute atomic E-state index is 0.569. The fourth-order valence-corrected chi connectivity index (χ4v) is 3.94. The molecule has 0 spiro atoms. The van der Waals surface area contributed by atoms with Gasteiger partial charge in [-0.05, 0) is 0 Å². The Hall–Kier alpha value is 0.999. The fourth-order valence-electron chi connectivity index (χ4n) is 0.556. The summed E-state index contributed by atoms with van der Waals surface area (Å²) in [4.78, 5) is 0. The summed E-state index contributed by atoms with van der Waals surface area (Å²) in [6.07, 6.45) is 0.569. The molecule has 0 aromatic rings. The van der Waals surface area contributed by atoms with Crippen molar-refractivity contribution in [1.29, 1.82) is 0 Å². The van der Waals surface area contributed by atoms with Gasteiger partial charge in [0.05, 0.1) is 0 Å². The Morgan fingerprint density at radius 1 is 1.22 bits per heavy atom. The van der Waals surface area contributed by atoms with E-state index in [2.05, 4.69) is 11.6 Å². The van der Waals surface area contributed by atoms with E-state index < -0.39 is 0 Å². The van der Waals surface area contributed by atoms with E-state index in [1.165, 1.54) is 10.6 Å². The SMILES string of the molecule is COC(C[Se]C)C[Se]C. The Kier molecular flexibility index (Phi) is 7.90. The van der Waals surface area contributed by atoms with Crippen molar-refractivity contribution in [2.45, 2.75) is 28.4 Å². The maximum absolute atomic E-state index is 5.26. The van der Waals surface area contributed by atoms with Crippen LogP contribution in [0, 0.1) is 0 Å². The number of ether oxygens (including phenoxy) is 1. The van der Waals surface area contributed by atoms with Crippen molar-refractivity contribution in [1.82, 2.24) is 0 Å². The Bertz CT molecular complexity index is 53.0. The molecule has 0 radical (unpaired) electrons. The summed E-state index contributed by atoms with van der Waals surface area (Å²) in [5.41, 5.74) is 0. The van der Waals surface area contributed by atoms with Gasteiger partial charge < -0.3 is 0 Å². The van der Waals surface area contributed by atoms with Crippen LogP contribution in [0.15, 0.2) is 0 Å². The summed E-state index contributed by atoms with van der Waals surface area (Å²) in [5.74, 6) is 4.53. The zero-order valence-corrected chi connectivity index (χ0v) is 9.64. The standard InChI is InChI=1S/C6H14OSe2/c1-7-6(4-8-2)5-9-3/h6H,4-5H2,1-3H3. The van der Waals surface area contributed by atoms with Crippen LogP contribution in [0.4, 0.5) is 0 Å². The molecule has 0 saturated heterocycles. The van der Waals surface area contributed by atoms with Crippen molar-refractivity contribution in [3.8, 4) is 0 Å². The Morgan fingerprint density at radius 3 is 1.89 bits per heavy atom. The van der Waals surface area contributed by atoms with E-state index in [0.717, 1.165) is 29.9 Å². The van der Waals surface area contributed by atoms with Gasteiger partial charge in [0, 0.05) is 0 Å². The van der Waals surface area contributed by atoms with Gasteiger partial charge in [0.1, 0.15) is 0 Å². The average Bonchev–Trinajstić information content (AvgIpc) is 1.88. The van der Waals surface area contributed by atoms with Gasteiger partial charge in [-0.3, -0.25) is 0 Å². The molecule has 0 fully saturated rings. The molecular formula is C6H14OSe2. The molecular weight excluding hydrogens is 246 g/mol. The maximum atomic E-state index is 5.26. The monoisotopic (exact) mass is 262 g/mol. The average molecular weight is 260 g/mol. The normalized spacial score (nSPS) is 10.7. The summed E-state index contributed by atoms with van der Waals surface area (Å²) in [6.45, 7) is 0. The Balaban J connectivity index is 3.18. The zero-order chi connectivity index (χ0) is 7.11. The van der Waals surface area contributed by atoms with Gasteiger partial charge in [0.25, 0.3) is 0 Å². The molecule has 0 aromatic heterocycles. The van der Waals surface area contributed by atoms with Crippen molar-refractivity contribution < 1.29 is 4.74 Å². The van der Waals surface area contributed by atoms with E-state index in [0.29, 0.717) is 6.10 Å². The molecule has 0 saturated carbocycles. The van der Waals surface area contributed by atoms with Crippen LogP contribution in [0.5, 0.6) is 0 Å². The van der Waals surface area contributed by atoms with Crippen molar-refractivity contribution in [2.75, 3.05) is 7.11 Å². The first-order valence-electron chi connectivity index (χ1n) is 2.85. The number of methoxy groups -OCH3 is 1. The molecule has 0 aromatic carbocycles. The van der Waals surface area contributed by atoms with Gasteiger partial charge >= 0.3 is 70.1 Å². The second kappa shape index (κ2) is 7.11. The summed E-state index contributed by atoms with van der Waals surface area (Å²) >= 11 is 1.57. The van der Waals surface area contributed by atoms with Crippen LogP contribution in [0.1, 0.15) is 0 Å². The van der Waals surface area contributed by atoms with E-state index in [1.807, 2.05) is 7.11 Å². The summed E-state index contributed by atoms with van der Waals surface area (Å²) in [5, 5.41) is 2.58. The van der Waals surface area contributed by atoms with Crippen LogP contribution in [0.3, 0.4) is 0 Å². The molecule has 0 atom stereocenters. The number of hydrogen-bond donors (Lipinski definition) is 0. The second-order valence-corrected chi connectivity index (χ2v) is 5.59. The molecule has 0 rings (SSSR count). The van der Waals surface area contributed by atoms with Gasteiger partial charge in [-0.15, -0.1) is 0 Å². The molecule has 56 valence electrons. The van der Waals surface area contributed by atoms with Gasteiger partial charge in [-0.25, -0.2) is 0 Å². The van der Waals surface area contributed by atoms with E-state index in [9.17, 15) is 0 Å². The van der Waals surface area contributed by atoms with E-state index in [1.54, 1.807) is 0 Å². The predicted molar refractivity (Wildman–Crippen MR) is 43.6 cm³/mol. The third kappa shape index (κ3) is 5.44. The van der Waals surface area contributed by atoms with Crippen LogP contribution in [0.2, 0.25) is 22.3 Å². The molecule has 0 heterocycles. The van der Waals surface area contributed by atoms with Crippen LogP contribution in [-0.2, 0) is 4.74 Å². The summed E-state index contributed by atoms with van der Waals surface area (Å²) in [7, 11) is 1.82. The first-order chi connectivity index (χ1) is 4.35. The first kappa shape index (κ1) is 10.00. The molecule has 1 nitrogen and oxygen atoms in total. The summed E-state index contributed by atoms with van der Waals surface area (Å²) in [6, 6.07) is 0. The van der Waals surface area contributed by atoms with Gasteiger partial charge in [-0.2, -0.15) is 0 Å². The second-order valence-electron chi connectivity index (χ2n) is 1.77. The molecule has 0 N–H and O–H groups in total. The molecule has 3 heteroatoms. The van der Waals surface area contributed by atoms with Gasteiger partial charge in [0.2, 0.25) is 0 Å². The molecule has 0 bridgehead atoms. The van der Waals surface area contributed by atoms with E-state index in [4.69, 9.17) is 4.74 Å². The molecule has 0 aliphatic heterocycles. The number of hydrogen-bond acceptors (Lipinski definition) is 1. The van der Waals surface area contributed by atoms with Crippen LogP contribution in [-0.4, -0.2) is 43.1 Å². The van der Waals surface area contributed by atoms with Crippen LogP contribution < -0.4 is 0 Å². The quantitative estimate of drug-likeness (QED) is 0.678. The third-order valence-corrected chi connectivity index (χ3v) is 4.00. The molecule has 0 aliphatic rings. The van der Waals surface area contributed by atoms with Gasteiger partial charge in [0.15, 0.2) is 0 Å². The predicted octanol–water partition coefficient (Wildman–Crippen LogP) is 1.34. The van der Waals surface area contributed by atoms with Crippen molar-refractivity contribution >= 4 is 29.9 Å². The van der Waals surface area contributed by atoms with Crippen molar-refractivity contribution in [3.63, 3.8) is 0 Å². The zero-order valence-electron chi connectivity index (χ0n) is 6.22. The van der Waals surface area contributed by atoms with Crippen molar-refractivity contribution in [3.05, 3.63) is 0 Å². The summed E-state index contributed by atoms with van der Waals surface area (Å²) < 4.78 is 5.26. The molecule has 0 amide bonds. The molecule has 0 unspecified atom stereocenters. The number of rotatable bonds is 5.